The Balaban J connectivity index is 1.79. The smallest absolute Gasteiger partial charge is 0.340 e. The molecule has 1 heterocycles. The van der Waals surface area contributed by atoms with Crippen molar-refractivity contribution in [3.8, 4) is 0 Å². The molecule has 0 saturated carbocycles. The minimum Gasteiger partial charge on any atom is -0.462 e. The van der Waals surface area contributed by atoms with Gasteiger partial charge in [0.15, 0.2) is 0 Å². The van der Waals surface area contributed by atoms with Crippen molar-refractivity contribution in [2.75, 3.05) is 17.2 Å². The van der Waals surface area contributed by atoms with Crippen molar-refractivity contribution in [3.63, 3.8) is 0 Å². The number of rotatable bonds is 6. The third-order valence-corrected chi connectivity index (χ3v) is 3.69. The first kappa shape index (κ1) is 17.7. The Labute approximate surface area is 156 Å². The van der Waals surface area contributed by atoms with E-state index in [2.05, 4.69) is 20.6 Å². The number of ether oxygens (including phenoxy) is 1. The summed E-state index contributed by atoms with van der Waals surface area (Å²) in [6, 6.07) is 16.1. The predicted molar refractivity (Wildman–Crippen MR) is 102 cm³/mol. The second-order valence-electron chi connectivity index (χ2n) is 5.29. The second kappa shape index (κ2) is 8.31. The van der Waals surface area contributed by atoms with Gasteiger partial charge in [0.2, 0.25) is 5.95 Å². The van der Waals surface area contributed by atoms with Gasteiger partial charge < -0.3 is 15.4 Å². The van der Waals surface area contributed by atoms with Gasteiger partial charge in [-0.15, -0.1) is 0 Å². The van der Waals surface area contributed by atoms with Crippen molar-refractivity contribution >= 4 is 40.7 Å². The van der Waals surface area contributed by atoms with Crippen LogP contribution in [0.2, 0.25) is 5.02 Å². The van der Waals surface area contributed by atoms with Crippen molar-refractivity contribution in [3.05, 3.63) is 71.4 Å². The van der Waals surface area contributed by atoms with Crippen LogP contribution in [0.25, 0.3) is 0 Å². The summed E-state index contributed by atoms with van der Waals surface area (Å²) in [7, 11) is 0. The molecule has 0 bridgehead atoms. The van der Waals surface area contributed by atoms with Gasteiger partial charge in [-0.3, -0.25) is 0 Å². The summed E-state index contributed by atoms with van der Waals surface area (Å²) < 4.78 is 5.08. The SMILES string of the molecule is CCOC(=O)c1ccccc1Nc1nccc(Nc2ccc(Cl)cc2)n1. The van der Waals surface area contributed by atoms with E-state index in [1.54, 1.807) is 49.5 Å². The van der Waals surface area contributed by atoms with Gasteiger partial charge in [0, 0.05) is 16.9 Å². The van der Waals surface area contributed by atoms with Gasteiger partial charge in [-0.25, -0.2) is 9.78 Å². The Morgan fingerprint density at radius 2 is 1.85 bits per heavy atom. The van der Waals surface area contributed by atoms with Crippen LogP contribution in [0.4, 0.5) is 23.1 Å². The van der Waals surface area contributed by atoms with Crippen LogP contribution in [0.3, 0.4) is 0 Å². The number of anilines is 4. The molecule has 0 aliphatic carbocycles. The van der Waals surface area contributed by atoms with Crippen LogP contribution in [0.1, 0.15) is 17.3 Å². The lowest BCUT2D eigenvalue weighted by Gasteiger charge is -2.11. The van der Waals surface area contributed by atoms with Gasteiger partial charge >= 0.3 is 5.97 Å². The maximum atomic E-state index is 12.1. The monoisotopic (exact) mass is 368 g/mol. The third kappa shape index (κ3) is 4.49. The van der Waals surface area contributed by atoms with Crippen molar-refractivity contribution in [1.29, 1.82) is 0 Å². The Bertz CT molecular complexity index is 900. The first-order valence-corrected chi connectivity index (χ1v) is 8.42. The summed E-state index contributed by atoms with van der Waals surface area (Å²) in [6.45, 7) is 2.08. The zero-order chi connectivity index (χ0) is 18.4. The maximum Gasteiger partial charge on any atom is 0.340 e. The molecule has 0 radical (unpaired) electrons. The standard InChI is InChI=1S/C19H17ClN4O2/c1-2-26-18(25)15-5-3-4-6-16(15)23-19-21-12-11-17(24-19)22-14-9-7-13(20)8-10-14/h3-12H,2H2,1H3,(H2,21,22,23,24). The molecule has 0 aliphatic heterocycles. The highest BCUT2D eigenvalue weighted by atomic mass is 35.5. The summed E-state index contributed by atoms with van der Waals surface area (Å²) >= 11 is 5.89. The lowest BCUT2D eigenvalue weighted by atomic mass is 10.2. The summed E-state index contributed by atoms with van der Waals surface area (Å²) in [5, 5.41) is 6.90. The lowest BCUT2D eigenvalue weighted by Crippen LogP contribution is -2.09. The topological polar surface area (TPSA) is 76.1 Å². The van der Waals surface area contributed by atoms with Gasteiger partial charge in [0.1, 0.15) is 5.82 Å². The van der Waals surface area contributed by atoms with Crippen LogP contribution in [-0.4, -0.2) is 22.5 Å². The number of aromatic nitrogens is 2. The highest BCUT2D eigenvalue weighted by Crippen LogP contribution is 2.22. The molecule has 0 aliphatic rings. The average Bonchev–Trinajstić information content (AvgIpc) is 2.65. The number of nitrogens with zero attached hydrogens (tertiary/aromatic N) is 2. The Kier molecular flexibility index (Phi) is 5.66. The van der Waals surface area contributed by atoms with E-state index in [1.165, 1.54) is 0 Å². The molecular weight excluding hydrogens is 352 g/mol. The number of hydrogen-bond donors (Lipinski definition) is 2. The molecule has 0 fully saturated rings. The van der Waals surface area contributed by atoms with Crippen molar-refractivity contribution in [2.45, 2.75) is 6.92 Å². The third-order valence-electron chi connectivity index (χ3n) is 3.44. The van der Waals surface area contributed by atoms with E-state index in [-0.39, 0.29) is 0 Å². The molecule has 0 spiro atoms. The van der Waals surface area contributed by atoms with Gasteiger partial charge in [-0.05, 0) is 49.4 Å². The number of nitrogens with one attached hydrogen (secondary N) is 2. The number of carbonyl (C=O) groups excluding carboxylic acids is 1. The zero-order valence-electron chi connectivity index (χ0n) is 14.1. The highest BCUT2D eigenvalue weighted by Gasteiger charge is 2.12. The number of halogens is 1. The summed E-state index contributed by atoms with van der Waals surface area (Å²) in [4.78, 5) is 20.7. The van der Waals surface area contributed by atoms with E-state index in [1.807, 2.05) is 18.2 Å². The van der Waals surface area contributed by atoms with Gasteiger partial charge in [-0.1, -0.05) is 23.7 Å². The average molecular weight is 369 g/mol. The fourth-order valence-corrected chi connectivity index (χ4v) is 2.40. The fourth-order valence-electron chi connectivity index (χ4n) is 2.27. The molecular formula is C19H17ClN4O2. The normalized spacial score (nSPS) is 10.2. The fraction of sp³-hybridized carbons (Fsp3) is 0.105. The number of esters is 1. The second-order valence-corrected chi connectivity index (χ2v) is 5.72. The molecule has 132 valence electrons. The molecule has 0 unspecified atom stereocenters. The van der Waals surface area contributed by atoms with E-state index in [0.717, 1.165) is 5.69 Å². The number of benzene rings is 2. The van der Waals surface area contributed by atoms with E-state index in [0.29, 0.717) is 34.6 Å². The van der Waals surface area contributed by atoms with Crippen LogP contribution in [0.5, 0.6) is 0 Å². The number of para-hydroxylation sites is 1. The minimum atomic E-state index is -0.397. The van der Waals surface area contributed by atoms with E-state index < -0.39 is 5.97 Å². The van der Waals surface area contributed by atoms with Gasteiger partial charge in [0.25, 0.3) is 0 Å². The first-order valence-electron chi connectivity index (χ1n) is 8.04. The molecule has 1 aromatic heterocycles. The van der Waals surface area contributed by atoms with Crippen LogP contribution in [0.15, 0.2) is 60.8 Å². The minimum absolute atomic E-state index is 0.310. The molecule has 6 nitrogen and oxygen atoms in total. The van der Waals surface area contributed by atoms with E-state index >= 15 is 0 Å². The van der Waals surface area contributed by atoms with Crippen molar-refractivity contribution < 1.29 is 9.53 Å². The summed E-state index contributed by atoms with van der Waals surface area (Å²) in [5.41, 5.74) is 1.86. The van der Waals surface area contributed by atoms with Crippen molar-refractivity contribution in [1.82, 2.24) is 9.97 Å². The van der Waals surface area contributed by atoms with Gasteiger partial charge in [0.05, 0.1) is 17.9 Å². The van der Waals surface area contributed by atoms with Crippen LogP contribution in [-0.2, 0) is 4.74 Å². The Morgan fingerprint density at radius 3 is 2.62 bits per heavy atom. The molecule has 2 aromatic carbocycles. The molecule has 2 N–H and O–H groups in total. The lowest BCUT2D eigenvalue weighted by molar-refractivity contribution is 0.0527. The molecule has 3 rings (SSSR count). The summed E-state index contributed by atoms with van der Waals surface area (Å²) in [6.07, 6.45) is 1.63. The van der Waals surface area contributed by atoms with Gasteiger partial charge in [-0.2, -0.15) is 4.98 Å². The van der Waals surface area contributed by atoms with Crippen LogP contribution < -0.4 is 10.6 Å². The Morgan fingerprint density at radius 1 is 1.08 bits per heavy atom. The number of hydrogen-bond acceptors (Lipinski definition) is 6. The Hall–Kier alpha value is -3.12. The van der Waals surface area contributed by atoms with E-state index in [9.17, 15) is 4.79 Å². The molecule has 0 atom stereocenters. The predicted octanol–water partition coefficient (Wildman–Crippen LogP) is 4.79. The summed E-state index contributed by atoms with van der Waals surface area (Å²) in [5.74, 6) is 0.574. The number of carbonyl (C=O) groups is 1. The molecule has 26 heavy (non-hydrogen) atoms. The van der Waals surface area contributed by atoms with E-state index in [4.69, 9.17) is 16.3 Å². The largest absolute Gasteiger partial charge is 0.462 e. The maximum absolute atomic E-state index is 12.1. The quantitative estimate of drug-likeness (QED) is 0.609. The highest BCUT2D eigenvalue weighted by molar-refractivity contribution is 6.30. The molecule has 0 saturated heterocycles. The van der Waals surface area contributed by atoms with Crippen LogP contribution >= 0.6 is 11.6 Å². The molecule has 0 amide bonds. The van der Waals surface area contributed by atoms with Crippen LogP contribution in [0, 0.1) is 0 Å². The zero-order valence-corrected chi connectivity index (χ0v) is 14.8. The molecule has 3 aromatic rings. The first-order chi connectivity index (χ1) is 12.7. The van der Waals surface area contributed by atoms with Crippen molar-refractivity contribution in [2.24, 2.45) is 0 Å². The molecule has 7 heteroatoms.